The fraction of sp³-hybridized carbons (Fsp3) is 0.267. The number of aryl methyl sites for hydroxylation is 2. The molecule has 1 N–H and O–H groups in total. The topological polar surface area (TPSA) is 34.0 Å². The molecule has 0 unspecified atom stereocenters. The van der Waals surface area contributed by atoms with E-state index in [9.17, 15) is 4.79 Å². The fourth-order valence-corrected chi connectivity index (χ4v) is 1.82. The molecule has 1 aromatic heterocycles. The van der Waals surface area contributed by atoms with Crippen LogP contribution in [0.25, 0.3) is 0 Å². The Hall–Kier alpha value is -2.03. The molecule has 0 fully saturated rings. The van der Waals surface area contributed by atoms with Gasteiger partial charge in [0, 0.05) is 30.5 Å². The van der Waals surface area contributed by atoms with Crippen molar-refractivity contribution in [3.8, 4) is 0 Å². The van der Waals surface area contributed by atoms with Crippen molar-refractivity contribution >= 4 is 5.69 Å². The lowest BCUT2D eigenvalue weighted by molar-refractivity contribution is 0.693. The second-order valence-electron chi connectivity index (χ2n) is 4.48. The zero-order chi connectivity index (χ0) is 13.0. The Morgan fingerprint density at radius 2 is 1.83 bits per heavy atom. The predicted octanol–water partition coefficient (Wildman–Crippen LogP) is 2.58. The van der Waals surface area contributed by atoms with Crippen LogP contribution in [-0.2, 0) is 6.54 Å². The van der Waals surface area contributed by atoms with E-state index in [0.29, 0.717) is 6.54 Å². The first-order chi connectivity index (χ1) is 8.66. The quantitative estimate of drug-likeness (QED) is 0.894. The molecule has 0 aliphatic heterocycles. The first kappa shape index (κ1) is 12.4. The number of rotatable bonds is 4. The molecule has 2 aromatic rings. The third-order valence-corrected chi connectivity index (χ3v) is 2.94. The number of aromatic nitrogens is 1. The smallest absolute Gasteiger partial charge is 0.253 e. The molecule has 0 radical (unpaired) electrons. The summed E-state index contributed by atoms with van der Waals surface area (Å²) < 4.78 is 1.73. The zero-order valence-electron chi connectivity index (χ0n) is 10.8. The van der Waals surface area contributed by atoms with Gasteiger partial charge >= 0.3 is 0 Å². The van der Waals surface area contributed by atoms with Crippen LogP contribution >= 0.6 is 0 Å². The molecule has 2 rings (SSSR count). The average Bonchev–Trinajstić information content (AvgIpc) is 2.37. The second kappa shape index (κ2) is 5.54. The average molecular weight is 242 g/mol. The number of nitrogens with zero attached hydrogens (tertiary/aromatic N) is 1. The van der Waals surface area contributed by atoms with E-state index in [0.717, 1.165) is 17.8 Å². The molecule has 0 atom stereocenters. The summed E-state index contributed by atoms with van der Waals surface area (Å²) in [5.74, 6) is 0. The van der Waals surface area contributed by atoms with E-state index in [1.54, 1.807) is 4.57 Å². The molecule has 1 aromatic carbocycles. The molecule has 3 nitrogen and oxygen atoms in total. The van der Waals surface area contributed by atoms with Crippen LogP contribution in [0.15, 0.2) is 47.4 Å². The number of hydrogen-bond donors (Lipinski definition) is 1. The molecule has 0 amide bonds. The first-order valence-electron chi connectivity index (χ1n) is 6.13. The van der Waals surface area contributed by atoms with Gasteiger partial charge in [0.25, 0.3) is 5.56 Å². The molecule has 0 spiro atoms. The lowest BCUT2D eigenvalue weighted by atomic mass is 10.2. The lowest BCUT2D eigenvalue weighted by Crippen LogP contribution is -2.24. The Labute approximate surface area is 107 Å². The van der Waals surface area contributed by atoms with Gasteiger partial charge in [-0.25, -0.2) is 0 Å². The van der Waals surface area contributed by atoms with Crippen LogP contribution in [0.3, 0.4) is 0 Å². The summed E-state index contributed by atoms with van der Waals surface area (Å²) in [5, 5.41) is 3.31. The molecule has 0 aliphatic carbocycles. The summed E-state index contributed by atoms with van der Waals surface area (Å²) in [5.41, 5.74) is 3.20. The largest absolute Gasteiger partial charge is 0.383 e. The van der Waals surface area contributed by atoms with Crippen LogP contribution < -0.4 is 10.9 Å². The molecular weight excluding hydrogens is 224 g/mol. The van der Waals surface area contributed by atoms with Crippen molar-refractivity contribution in [2.45, 2.75) is 20.4 Å². The summed E-state index contributed by atoms with van der Waals surface area (Å²) in [4.78, 5) is 11.8. The maximum atomic E-state index is 11.8. The van der Waals surface area contributed by atoms with Gasteiger partial charge in [0.1, 0.15) is 0 Å². The monoisotopic (exact) mass is 242 g/mol. The highest BCUT2D eigenvalue weighted by atomic mass is 16.1. The summed E-state index contributed by atoms with van der Waals surface area (Å²) in [6.45, 7) is 5.32. The van der Waals surface area contributed by atoms with E-state index >= 15 is 0 Å². The lowest BCUT2D eigenvalue weighted by Gasteiger charge is -2.09. The van der Waals surface area contributed by atoms with Crippen molar-refractivity contribution in [3.63, 3.8) is 0 Å². The highest BCUT2D eigenvalue weighted by Crippen LogP contribution is 2.07. The minimum absolute atomic E-state index is 0.0863. The van der Waals surface area contributed by atoms with E-state index < -0.39 is 0 Å². The van der Waals surface area contributed by atoms with Crippen molar-refractivity contribution in [2.75, 3.05) is 11.9 Å². The third-order valence-electron chi connectivity index (χ3n) is 2.94. The Morgan fingerprint density at radius 1 is 1.11 bits per heavy atom. The maximum Gasteiger partial charge on any atom is 0.253 e. The Kier molecular flexibility index (Phi) is 3.82. The van der Waals surface area contributed by atoms with Gasteiger partial charge in [0.2, 0.25) is 0 Å². The molecule has 0 bridgehead atoms. The molecule has 0 saturated carbocycles. The van der Waals surface area contributed by atoms with Gasteiger partial charge in [0.15, 0.2) is 0 Å². The fourth-order valence-electron chi connectivity index (χ4n) is 1.82. The zero-order valence-corrected chi connectivity index (χ0v) is 10.8. The van der Waals surface area contributed by atoms with Gasteiger partial charge in [-0.15, -0.1) is 0 Å². The van der Waals surface area contributed by atoms with Gasteiger partial charge in [-0.2, -0.15) is 0 Å². The first-order valence-corrected chi connectivity index (χ1v) is 6.13. The van der Waals surface area contributed by atoms with Crippen LogP contribution in [0.2, 0.25) is 0 Å². The van der Waals surface area contributed by atoms with Crippen molar-refractivity contribution in [1.82, 2.24) is 4.57 Å². The summed E-state index contributed by atoms with van der Waals surface area (Å²) in [7, 11) is 0. The Balaban J connectivity index is 1.94. The standard InChI is InChI=1S/C15H18N2O/c1-12-5-7-14(8-6-12)16-9-11-17-10-3-4-13(2)15(17)18/h3-8,10,16H,9,11H2,1-2H3. The normalized spacial score (nSPS) is 10.3. The van der Waals surface area contributed by atoms with E-state index in [2.05, 4.69) is 24.4 Å². The van der Waals surface area contributed by atoms with E-state index in [-0.39, 0.29) is 5.56 Å². The predicted molar refractivity (Wildman–Crippen MR) is 75.1 cm³/mol. The number of pyridine rings is 1. The van der Waals surface area contributed by atoms with Crippen LogP contribution in [0.1, 0.15) is 11.1 Å². The minimum atomic E-state index is 0.0863. The van der Waals surface area contributed by atoms with Crippen LogP contribution in [0.5, 0.6) is 0 Å². The SMILES string of the molecule is Cc1ccc(NCCn2cccc(C)c2=O)cc1. The van der Waals surface area contributed by atoms with Crippen molar-refractivity contribution in [3.05, 3.63) is 64.1 Å². The van der Waals surface area contributed by atoms with Crippen molar-refractivity contribution in [1.29, 1.82) is 0 Å². The number of nitrogens with one attached hydrogen (secondary N) is 1. The highest BCUT2D eigenvalue weighted by molar-refractivity contribution is 5.44. The van der Waals surface area contributed by atoms with Gasteiger partial charge in [0.05, 0.1) is 0 Å². The van der Waals surface area contributed by atoms with E-state index in [1.807, 2.05) is 37.4 Å². The maximum absolute atomic E-state index is 11.8. The highest BCUT2D eigenvalue weighted by Gasteiger charge is 1.98. The van der Waals surface area contributed by atoms with Gasteiger partial charge in [-0.1, -0.05) is 23.8 Å². The summed E-state index contributed by atoms with van der Waals surface area (Å²) in [6, 6.07) is 12.0. The van der Waals surface area contributed by atoms with Crippen molar-refractivity contribution in [2.24, 2.45) is 0 Å². The van der Waals surface area contributed by atoms with E-state index in [4.69, 9.17) is 0 Å². The van der Waals surface area contributed by atoms with Gasteiger partial charge < -0.3 is 9.88 Å². The van der Waals surface area contributed by atoms with Gasteiger partial charge in [-0.05, 0) is 32.0 Å². The molecule has 94 valence electrons. The molecule has 1 heterocycles. The molecular formula is C15H18N2O. The Bertz CT molecular complexity index is 570. The summed E-state index contributed by atoms with van der Waals surface area (Å²) >= 11 is 0. The molecule has 0 saturated heterocycles. The number of hydrogen-bond acceptors (Lipinski definition) is 2. The third kappa shape index (κ3) is 3.00. The van der Waals surface area contributed by atoms with Crippen LogP contribution in [0.4, 0.5) is 5.69 Å². The summed E-state index contributed by atoms with van der Waals surface area (Å²) in [6.07, 6.45) is 1.83. The van der Waals surface area contributed by atoms with Crippen LogP contribution in [-0.4, -0.2) is 11.1 Å². The Morgan fingerprint density at radius 3 is 2.56 bits per heavy atom. The molecule has 0 aliphatic rings. The number of benzene rings is 1. The second-order valence-corrected chi connectivity index (χ2v) is 4.48. The molecule has 18 heavy (non-hydrogen) atoms. The van der Waals surface area contributed by atoms with Crippen molar-refractivity contribution < 1.29 is 0 Å². The molecule has 3 heteroatoms. The van der Waals surface area contributed by atoms with E-state index in [1.165, 1.54) is 5.56 Å². The minimum Gasteiger partial charge on any atom is -0.383 e. The number of anilines is 1. The van der Waals surface area contributed by atoms with Gasteiger partial charge in [-0.3, -0.25) is 4.79 Å². The van der Waals surface area contributed by atoms with Crippen LogP contribution in [0, 0.1) is 13.8 Å².